The first-order valence-corrected chi connectivity index (χ1v) is 10.4. The first-order chi connectivity index (χ1) is 13.5. The van der Waals surface area contributed by atoms with Gasteiger partial charge in [0.05, 0.1) is 13.1 Å². The molecular formula is C19H31N5O4. The molecule has 3 rings (SSSR count). The maximum atomic E-state index is 12.9. The fraction of sp³-hybridized carbons (Fsp3) is 0.789. The summed E-state index contributed by atoms with van der Waals surface area (Å²) in [6, 6.07) is -1.41. The second-order valence-corrected chi connectivity index (χ2v) is 7.92. The predicted molar refractivity (Wildman–Crippen MR) is 102 cm³/mol. The summed E-state index contributed by atoms with van der Waals surface area (Å²) in [5, 5.41) is 5.50. The van der Waals surface area contributed by atoms with Gasteiger partial charge in [0.25, 0.3) is 0 Å². The largest absolute Gasteiger partial charge is 0.354 e. The molecule has 0 aromatic heterocycles. The van der Waals surface area contributed by atoms with E-state index in [0.29, 0.717) is 19.5 Å². The summed E-state index contributed by atoms with van der Waals surface area (Å²) in [7, 11) is 0. The van der Waals surface area contributed by atoms with Gasteiger partial charge in [0.2, 0.25) is 23.6 Å². The summed E-state index contributed by atoms with van der Waals surface area (Å²) in [6.07, 6.45) is 6.42. The highest BCUT2D eigenvalue weighted by Crippen LogP contribution is 2.26. The zero-order valence-electron chi connectivity index (χ0n) is 16.3. The molecule has 4 N–H and O–H groups in total. The van der Waals surface area contributed by atoms with Crippen LogP contribution in [0.4, 0.5) is 0 Å². The van der Waals surface area contributed by atoms with Gasteiger partial charge in [0, 0.05) is 25.6 Å². The van der Waals surface area contributed by atoms with E-state index >= 15 is 0 Å². The van der Waals surface area contributed by atoms with Crippen LogP contribution in [-0.2, 0) is 19.2 Å². The molecule has 2 unspecified atom stereocenters. The highest BCUT2D eigenvalue weighted by Gasteiger charge is 2.39. The topological polar surface area (TPSA) is 125 Å². The number of amides is 4. The lowest BCUT2D eigenvalue weighted by atomic mass is 9.88. The Morgan fingerprint density at radius 3 is 2.50 bits per heavy atom. The van der Waals surface area contributed by atoms with E-state index in [4.69, 9.17) is 5.73 Å². The summed E-state index contributed by atoms with van der Waals surface area (Å²) in [5.41, 5.74) is 5.52. The number of nitrogens with one attached hydrogen (secondary N) is 2. The van der Waals surface area contributed by atoms with Crippen molar-refractivity contribution in [3.05, 3.63) is 0 Å². The van der Waals surface area contributed by atoms with Gasteiger partial charge in [0.15, 0.2) is 0 Å². The molecule has 0 bridgehead atoms. The normalized spacial score (nSPS) is 26.5. The molecule has 2 saturated heterocycles. The molecular weight excluding hydrogens is 362 g/mol. The number of piperazine rings is 1. The zero-order valence-corrected chi connectivity index (χ0v) is 16.3. The van der Waals surface area contributed by atoms with Crippen molar-refractivity contribution < 1.29 is 19.2 Å². The van der Waals surface area contributed by atoms with Crippen molar-refractivity contribution in [2.45, 2.75) is 57.0 Å². The van der Waals surface area contributed by atoms with E-state index < -0.39 is 18.0 Å². The lowest BCUT2D eigenvalue weighted by Gasteiger charge is -2.42. The van der Waals surface area contributed by atoms with Crippen molar-refractivity contribution in [1.29, 1.82) is 0 Å². The van der Waals surface area contributed by atoms with E-state index in [1.54, 1.807) is 4.90 Å². The maximum absolute atomic E-state index is 12.9. The van der Waals surface area contributed by atoms with E-state index in [1.165, 1.54) is 4.90 Å². The van der Waals surface area contributed by atoms with E-state index in [1.807, 2.05) is 0 Å². The van der Waals surface area contributed by atoms with Gasteiger partial charge in [-0.1, -0.05) is 19.3 Å². The van der Waals surface area contributed by atoms with Crippen LogP contribution in [-0.4, -0.2) is 78.2 Å². The fourth-order valence-corrected chi connectivity index (χ4v) is 4.41. The minimum absolute atomic E-state index is 0.0124. The number of carbonyl (C=O) groups excluding carboxylic acids is 4. The third-order valence-corrected chi connectivity index (χ3v) is 6.05. The van der Waals surface area contributed by atoms with Crippen LogP contribution >= 0.6 is 0 Å². The zero-order chi connectivity index (χ0) is 20.1. The second-order valence-electron chi connectivity index (χ2n) is 7.92. The Morgan fingerprint density at radius 2 is 1.82 bits per heavy atom. The Labute approximate surface area is 165 Å². The van der Waals surface area contributed by atoms with Crippen molar-refractivity contribution in [1.82, 2.24) is 20.4 Å². The van der Waals surface area contributed by atoms with Crippen LogP contribution in [0.1, 0.15) is 44.9 Å². The molecule has 2 aliphatic heterocycles. The van der Waals surface area contributed by atoms with E-state index in [2.05, 4.69) is 10.6 Å². The third kappa shape index (κ3) is 4.63. The molecule has 9 nitrogen and oxygen atoms in total. The molecule has 0 aromatic rings. The van der Waals surface area contributed by atoms with Crippen molar-refractivity contribution in [2.24, 2.45) is 11.7 Å². The predicted octanol–water partition coefficient (Wildman–Crippen LogP) is -1.04. The van der Waals surface area contributed by atoms with Gasteiger partial charge in [-0.2, -0.15) is 0 Å². The minimum Gasteiger partial charge on any atom is -0.354 e. The molecule has 1 saturated carbocycles. The average molecular weight is 393 g/mol. The molecule has 0 aromatic carbocycles. The fourth-order valence-electron chi connectivity index (χ4n) is 4.41. The smallest absolute Gasteiger partial charge is 0.245 e. The van der Waals surface area contributed by atoms with Crippen LogP contribution in [0.5, 0.6) is 0 Å². The molecule has 0 radical (unpaired) electrons. The number of hydrogen-bond donors (Lipinski definition) is 3. The Bertz CT molecular complexity index is 619. The summed E-state index contributed by atoms with van der Waals surface area (Å²) in [4.78, 5) is 53.2. The van der Waals surface area contributed by atoms with E-state index in [0.717, 1.165) is 38.5 Å². The first kappa shape index (κ1) is 20.6. The lowest BCUT2D eigenvalue weighted by Crippen LogP contribution is -2.64. The number of carbonyl (C=O) groups is 4. The first-order valence-electron chi connectivity index (χ1n) is 10.4. The lowest BCUT2D eigenvalue weighted by molar-refractivity contribution is -0.150. The van der Waals surface area contributed by atoms with Gasteiger partial charge in [0.1, 0.15) is 12.1 Å². The molecule has 2 atom stereocenters. The average Bonchev–Trinajstić information content (AvgIpc) is 2.74. The van der Waals surface area contributed by atoms with Gasteiger partial charge < -0.3 is 26.2 Å². The van der Waals surface area contributed by atoms with Crippen molar-refractivity contribution >= 4 is 23.6 Å². The van der Waals surface area contributed by atoms with Crippen LogP contribution < -0.4 is 16.4 Å². The van der Waals surface area contributed by atoms with Crippen LogP contribution in [0.15, 0.2) is 0 Å². The molecule has 4 amide bonds. The molecule has 1 aliphatic carbocycles. The van der Waals surface area contributed by atoms with Crippen molar-refractivity contribution in [2.75, 3.05) is 32.7 Å². The minimum atomic E-state index is -0.813. The van der Waals surface area contributed by atoms with Gasteiger partial charge in [-0.05, 0) is 25.7 Å². The highest BCUT2D eigenvalue weighted by atomic mass is 16.2. The molecule has 28 heavy (non-hydrogen) atoms. The number of rotatable bonds is 4. The number of nitrogens with two attached hydrogens (primary N) is 1. The van der Waals surface area contributed by atoms with Crippen molar-refractivity contribution in [3.8, 4) is 0 Å². The van der Waals surface area contributed by atoms with Gasteiger partial charge in [-0.15, -0.1) is 0 Å². The summed E-state index contributed by atoms with van der Waals surface area (Å²) in [5.74, 6) is -0.837. The number of nitrogens with zero attached hydrogens (tertiary/aromatic N) is 2. The third-order valence-electron chi connectivity index (χ3n) is 6.05. The summed E-state index contributed by atoms with van der Waals surface area (Å²) >= 11 is 0. The van der Waals surface area contributed by atoms with Gasteiger partial charge in [-0.25, -0.2) is 0 Å². The van der Waals surface area contributed by atoms with Crippen molar-refractivity contribution in [3.63, 3.8) is 0 Å². The molecule has 156 valence electrons. The number of piperidine rings is 1. The SMILES string of the molecule is NCC(=O)N1CCN(C(=O)C2CCCCC2)CC1C(=O)NC1CCCNC1=O. The van der Waals surface area contributed by atoms with Crippen LogP contribution in [0.2, 0.25) is 0 Å². The number of hydrogen-bond acceptors (Lipinski definition) is 5. The Balaban J connectivity index is 1.69. The second kappa shape index (κ2) is 9.36. The summed E-state index contributed by atoms with van der Waals surface area (Å²) < 4.78 is 0. The Hall–Kier alpha value is -2.16. The van der Waals surface area contributed by atoms with Gasteiger partial charge in [-0.3, -0.25) is 19.2 Å². The molecule has 3 aliphatic rings. The standard InChI is InChI=1S/C19H31N5O4/c20-11-16(25)24-10-9-23(19(28)13-5-2-1-3-6-13)12-15(24)18(27)22-14-7-4-8-21-17(14)26/h13-15H,1-12,20H2,(H,21,26)(H,22,27). The molecule has 3 fully saturated rings. The maximum Gasteiger partial charge on any atom is 0.245 e. The van der Waals surface area contributed by atoms with E-state index in [9.17, 15) is 19.2 Å². The highest BCUT2D eigenvalue weighted by molar-refractivity contribution is 5.93. The summed E-state index contributed by atoms with van der Waals surface area (Å²) in [6.45, 7) is 1.26. The molecule has 2 heterocycles. The molecule has 9 heteroatoms. The Kier molecular flexibility index (Phi) is 6.88. The van der Waals surface area contributed by atoms with Crippen LogP contribution in [0.3, 0.4) is 0 Å². The molecule has 0 spiro atoms. The monoisotopic (exact) mass is 393 g/mol. The van der Waals surface area contributed by atoms with Gasteiger partial charge >= 0.3 is 0 Å². The van der Waals surface area contributed by atoms with E-state index in [-0.39, 0.29) is 43.3 Å². The van der Waals surface area contributed by atoms with Crippen LogP contribution in [0.25, 0.3) is 0 Å². The van der Waals surface area contributed by atoms with Crippen LogP contribution in [0, 0.1) is 5.92 Å². The quantitative estimate of drug-likeness (QED) is 0.563. The Morgan fingerprint density at radius 1 is 1.07 bits per heavy atom.